The Morgan fingerprint density at radius 3 is 1.81 bits per heavy atom. The third-order valence-electron chi connectivity index (χ3n) is 4.56. The van der Waals surface area contributed by atoms with Crippen molar-refractivity contribution in [3.63, 3.8) is 0 Å². The third-order valence-corrected chi connectivity index (χ3v) is 4.56. The zero-order chi connectivity index (χ0) is 19.6. The summed E-state index contributed by atoms with van der Waals surface area (Å²) in [6.45, 7) is 1.53. The van der Waals surface area contributed by atoms with Gasteiger partial charge in [-0.05, 0) is 30.2 Å². The van der Waals surface area contributed by atoms with E-state index in [0.29, 0.717) is 22.5 Å². The number of carbonyl (C=O) groups excluding carboxylic acids is 2. The number of carbonyl (C=O) groups is 3. The van der Waals surface area contributed by atoms with Crippen molar-refractivity contribution in [2.45, 2.75) is 13.3 Å². The summed E-state index contributed by atoms with van der Waals surface area (Å²) >= 11 is 0. The summed E-state index contributed by atoms with van der Waals surface area (Å²) < 4.78 is 1.62. The molecule has 5 nitrogen and oxygen atoms in total. The van der Waals surface area contributed by atoms with Gasteiger partial charge in [0, 0.05) is 23.9 Å². The number of hydrogen-bond acceptors (Lipinski definition) is 3. The maximum Gasteiger partial charge on any atom is 0.309 e. The minimum atomic E-state index is -0.935. The van der Waals surface area contributed by atoms with Gasteiger partial charge in [-0.3, -0.25) is 14.4 Å². The first-order chi connectivity index (χ1) is 12.9. The molecule has 136 valence electrons. The van der Waals surface area contributed by atoms with E-state index in [1.807, 2.05) is 24.3 Å². The van der Waals surface area contributed by atoms with Gasteiger partial charge in [-0.15, -0.1) is 0 Å². The van der Waals surface area contributed by atoms with Gasteiger partial charge in [-0.1, -0.05) is 48.5 Å². The van der Waals surface area contributed by atoms with Crippen LogP contribution in [0.2, 0.25) is 0 Å². The number of rotatable bonds is 6. The molecule has 3 aromatic rings. The van der Waals surface area contributed by atoms with E-state index >= 15 is 0 Å². The number of nitrogens with zero attached hydrogens (tertiary/aromatic N) is 1. The summed E-state index contributed by atoms with van der Waals surface area (Å²) in [5.41, 5.74) is 4.12. The molecule has 0 unspecified atom stereocenters. The first kappa shape index (κ1) is 18.3. The fourth-order valence-corrected chi connectivity index (χ4v) is 2.97. The van der Waals surface area contributed by atoms with E-state index in [1.54, 1.807) is 48.0 Å². The van der Waals surface area contributed by atoms with Crippen molar-refractivity contribution < 1.29 is 19.5 Å². The van der Waals surface area contributed by atoms with Crippen LogP contribution < -0.4 is 0 Å². The molecule has 2 aromatic carbocycles. The van der Waals surface area contributed by atoms with E-state index in [1.165, 1.54) is 6.92 Å². The Morgan fingerprint density at radius 1 is 0.815 bits per heavy atom. The van der Waals surface area contributed by atoms with Gasteiger partial charge in [0.2, 0.25) is 5.78 Å². The van der Waals surface area contributed by atoms with Crippen molar-refractivity contribution in [2.24, 2.45) is 7.05 Å². The number of ketones is 2. The molecule has 0 atom stereocenters. The molecule has 0 bridgehead atoms. The number of carboxylic acid groups (broad SMARTS) is 1. The van der Waals surface area contributed by atoms with Crippen LogP contribution in [0.3, 0.4) is 0 Å². The second-order valence-electron chi connectivity index (χ2n) is 6.38. The lowest BCUT2D eigenvalue weighted by Crippen LogP contribution is -2.11. The molecule has 0 radical (unpaired) electrons. The highest BCUT2D eigenvalue weighted by molar-refractivity contribution is 6.08. The first-order valence-electron chi connectivity index (χ1n) is 8.49. The van der Waals surface area contributed by atoms with Crippen LogP contribution in [0, 0.1) is 0 Å². The molecular weight excluding hydrogens is 342 g/mol. The lowest BCUT2D eigenvalue weighted by molar-refractivity contribution is -0.136. The van der Waals surface area contributed by atoms with Gasteiger partial charge in [-0.25, -0.2) is 0 Å². The highest BCUT2D eigenvalue weighted by Crippen LogP contribution is 2.22. The summed E-state index contributed by atoms with van der Waals surface area (Å²) in [4.78, 5) is 35.0. The van der Waals surface area contributed by atoms with Gasteiger partial charge >= 0.3 is 5.97 Å². The topological polar surface area (TPSA) is 76.4 Å². The van der Waals surface area contributed by atoms with Crippen molar-refractivity contribution in [3.05, 3.63) is 83.2 Å². The molecule has 0 amide bonds. The summed E-state index contributed by atoms with van der Waals surface area (Å²) in [5.74, 6) is -1.07. The van der Waals surface area contributed by atoms with Crippen molar-refractivity contribution in [3.8, 4) is 11.1 Å². The smallest absolute Gasteiger partial charge is 0.309 e. The molecule has 0 saturated heterocycles. The summed E-state index contributed by atoms with van der Waals surface area (Å²) in [5, 5.41) is 8.93. The zero-order valence-electron chi connectivity index (χ0n) is 15.1. The SMILES string of the molecule is CC(=O)c1ccc(-c2ccc(C(=O)c3ccc(CC(=O)O)n3C)cc2)cc1. The zero-order valence-corrected chi connectivity index (χ0v) is 15.1. The van der Waals surface area contributed by atoms with E-state index in [-0.39, 0.29) is 18.0 Å². The number of Topliss-reactive ketones (excluding diaryl/α,β-unsaturated/α-hetero) is 1. The van der Waals surface area contributed by atoms with Crippen LogP contribution in [0.1, 0.15) is 39.0 Å². The number of hydrogen-bond donors (Lipinski definition) is 1. The Hall–Kier alpha value is -3.47. The molecule has 0 fully saturated rings. The number of aromatic nitrogens is 1. The van der Waals surface area contributed by atoms with Crippen molar-refractivity contribution >= 4 is 17.5 Å². The molecule has 27 heavy (non-hydrogen) atoms. The van der Waals surface area contributed by atoms with E-state index in [9.17, 15) is 14.4 Å². The first-order valence-corrected chi connectivity index (χ1v) is 8.49. The normalized spacial score (nSPS) is 10.6. The van der Waals surface area contributed by atoms with E-state index in [4.69, 9.17) is 5.11 Å². The Morgan fingerprint density at radius 2 is 1.33 bits per heavy atom. The molecule has 1 aromatic heterocycles. The van der Waals surface area contributed by atoms with Gasteiger partial charge in [0.15, 0.2) is 5.78 Å². The predicted molar refractivity (Wildman–Crippen MR) is 102 cm³/mol. The molecule has 0 aliphatic heterocycles. The number of carboxylic acids is 1. The van der Waals surface area contributed by atoms with Crippen LogP contribution in [0.5, 0.6) is 0 Å². The van der Waals surface area contributed by atoms with Crippen LogP contribution >= 0.6 is 0 Å². The maximum atomic E-state index is 12.7. The highest BCUT2D eigenvalue weighted by atomic mass is 16.4. The van der Waals surface area contributed by atoms with E-state index < -0.39 is 5.97 Å². The maximum absolute atomic E-state index is 12.7. The molecular formula is C22H19NO4. The van der Waals surface area contributed by atoms with Crippen LogP contribution in [0.4, 0.5) is 0 Å². The van der Waals surface area contributed by atoms with Crippen molar-refractivity contribution in [1.29, 1.82) is 0 Å². The minimum absolute atomic E-state index is 0.0207. The molecule has 1 N–H and O–H groups in total. The Labute approximate surface area is 156 Å². The molecule has 1 heterocycles. The molecule has 0 spiro atoms. The Bertz CT molecular complexity index is 1010. The van der Waals surface area contributed by atoms with Crippen LogP contribution in [0.15, 0.2) is 60.7 Å². The summed E-state index contributed by atoms with van der Waals surface area (Å²) in [6.07, 6.45) is -0.126. The quantitative estimate of drug-likeness (QED) is 0.679. The largest absolute Gasteiger partial charge is 0.481 e. The van der Waals surface area contributed by atoms with Gasteiger partial charge in [-0.2, -0.15) is 0 Å². The van der Waals surface area contributed by atoms with Gasteiger partial charge in [0.25, 0.3) is 0 Å². The molecule has 0 aliphatic carbocycles. The van der Waals surface area contributed by atoms with Crippen molar-refractivity contribution in [2.75, 3.05) is 0 Å². The average molecular weight is 361 g/mol. The number of aliphatic carboxylic acids is 1. The predicted octanol–water partition coefficient (Wildman–Crippen LogP) is 3.75. The molecule has 3 rings (SSSR count). The third kappa shape index (κ3) is 3.87. The Kier molecular flexibility index (Phi) is 5.03. The van der Waals surface area contributed by atoms with Crippen LogP contribution in [-0.2, 0) is 18.3 Å². The summed E-state index contributed by atoms with van der Waals surface area (Å²) in [6, 6.07) is 17.8. The van der Waals surface area contributed by atoms with Crippen molar-refractivity contribution in [1.82, 2.24) is 4.57 Å². The second kappa shape index (κ2) is 7.41. The van der Waals surface area contributed by atoms with Crippen LogP contribution in [-0.4, -0.2) is 27.2 Å². The molecule has 0 aliphatic rings. The van der Waals surface area contributed by atoms with Gasteiger partial charge in [0.1, 0.15) is 0 Å². The van der Waals surface area contributed by atoms with Crippen LogP contribution in [0.25, 0.3) is 11.1 Å². The monoisotopic (exact) mass is 361 g/mol. The molecule has 0 saturated carbocycles. The van der Waals surface area contributed by atoms with Gasteiger partial charge < -0.3 is 9.67 Å². The lowest BCUT2D eigenvalue weighted by Gasteiger charge is -2.07. The standard InChI is InChI=1S/C22H19NO4/c1-14(24)15-3-5-16(6-4-15)17-7-9-18(10-8-17)22(27)20-12-11-19(23(20)2)13-21(25)26/h3-12H,13H2,1-2H3,(H,25,26). The average Bonchev–Trinajstić information content (AvgIpc) is 3.01. The summed E-state index contributed by atoms with van der Waals surface area (Å²) in [7, 11) is 1.69. The number of benzene rings is 2. The fourth-order valence-electron chi connectivity index (χ4n) is 2.97. The fraction of sp³-hybridized carbons (Fsp3) is 0.136. The minimum Gasteiger partial charge on any atom is -0.481 e. The van der Waals surface area contributed by atoms with E-state index in [2.05, 4.69) is 0 Å². The Balaban J connectivity index is 1.83. The lowest BCUT2D eigenvalue weighted by atomic mass is 10.00. The van der Waals surface area contributed by atoms with E-state index in [0.717, 1.165) is 11.1 Å². The second-order valence-corrected chi connectivity index (χ2v) is 6.38. The molecule has 5 heteroatoms. The highest BCUT2D eigenvalue weighted by Gasteiger charge is 2.16. The van der Waals surface area contributed by atoms with Gasteiger partial charge in [0.05, 0.1) is 12.1 Å².